The number of carbonyl (C=O) groups is 4. The van der Waals surface area contributed by atoms with Gasteiger partial charge in [0.25, 0.3) is 0 Å². The molecule has 0 saturated carbocycles. The molecule has 0 aliphatic rings. The number of aromatic hydroxyl groups is 1. The summed E-state index contributed by atoms with van der Waals surface area (Å²) in [5.41, 5.74) is 7.49. The maximum atomic E-state index is 13.4. The van der Waals surface area contributed by atoms with Crippen molar-refractivity contribution in [1.82, 2.24) is 16.0 Å². The van der Waals surface area contributed by atoms with Crippen LogP contribution in [-0.2, 0) is 32.0 Å². The number of benzene rings is 2. The second-order valence-electron chi connectivity index (χ2n) is 9.16. The largest absolute Gasteiger partial charge is 0.508 e. The van der Waals surface area contributed by atoms with Crippen molar-refractivity contribution >= 4 is 23.7 Å². The fourth-order valence-electron chi connectivity index (χ4n) is 3.56. The topological polar surface area (TPSA) is 171 Å². The Balaban J connectivity index is 2.29. The van der Waals surface area contributed by atoms with Crippen molar-refractivity contribution in [3.63, 3.8) is 0 Å². The van der Waals surface area contributed by atoms with Gasteiger partial charge in [-0.25, -0.2) is 0 Å². The molecule has 3 amide bonds. The highest BCUT2D eigenvalue weighted by atomic mass is 16.4. The minimum absolute atomic E-state index is 0.0553. The van der Waals surface area contributed by atoms with Crippen molar-refractivity contribution in [2.24, 2.45) is 11.7 Å². The van der Waals surface area contributed by atoms with Crippen molar-refractivity contribution in [3.05, 3.63) is 65.7 Å². The Morgan fingerprint density at radius 1 is 0.784 bits per heavy atom. The fraction of sp³-hybridized carbons (Fsp3) is 0.407. The summed E-state index contributed by atoms with van der Waals surface area (Å²) < 4.78 is 0. The first-order chi connectivity index (χ1) is 17.5. The van der Waals surface area contributed by atoms with E-state index in [0.29, 0.717) is 12.0 Å². The third-order valence-corrected chi connectivity index (χ3v) is 6.21. The molecule has 2 aromatic rings. The molecule has 37 heavy (non-hydrogen) atoms. The number of carboxylic acids is 1. The van der Waals surface area contributed by atoms with Crippen LogP contribution in [0.25, 0.3) is 0 Å². The van der Waals surface area contributed by atoms with Crippen LogP contribution in [0.1, 0.15) is 38.3 Å². The Kier molecular flexibility index (Phi) is 11.1. The minimum Gasteiger partial charge on any atom is -0.508 e. The van der Waals surface area contributed by atoms with Crippen LogP contribution in [0.3, 0.4) is 0 Å². The van der Waals surface area contributed by atoms with Crippen LogP contribution in [0.4, 0.5) is 0 Å². The van der Waals surface area contributed by atoms with Gasteiger partial charge in [0, 0.05) is 12.8 Å². The molecule has 0 fully saturated rings. The van der Waals surface area contributed by atoms with Crippen molar-refractivity contribution in [2.75, 3.05) is 0 Å². The smallest absolute Gasteiger partial charge is 0.325 e. The first-order valence-corrected chi connectivity index (χ1v) is 12.2. The van der Waals surface area contributed by atoms with Gasteiger partial charge >= 0.3 is 5.97 Å². The summed E-state index contributed by atoms with van der Waals surface area (Å²) in [6.45, 7) is 5.07. The molecule has 0 radical (unpaired) electrons. The van der Waals surface area contributed by atoms with E-state index in [9.17, 15) is 29.4 Å². The minimum atomic E-state index is -1.21. The number of hydrogen-bond acceptors (Lipinski definition) is 6. The molecule has 2 rings (SSSR count). The number of carbonyl (C=O) groups excluding carboxylic acids is 3. The highest BCUT2D eigenvalue weighted by Gasteiger charge is 2.30. The van der Waals surface area contributed by atoms with Gasteiger partial charge in [-0.3, -0.25) is 19.2 Å². The SMILES string of the molecule is CCC(C)C(N)C(=O)NC(Cc1ccc(O)cc1)C(=O)NC(Cc1ccccc1)C(=O)NC(C)C(=O)O. The van der Waals surface area contributed by atoms with Gasteiger partial charge in [-0.15, -0.1) is 0 Å². The molecule has 200 valence electrons. The molecule has 10 nitrogen and oxygen atoms in total. The quantitative estimate of drug-likeness (QED) is 0.233. The summed E-state index contributed by atoms with van der Waals surface area (Å²) in [5, 5.41) is 26.5. The average molecular weight is 513 g/mol. The molecular weight excluding hydrogens is 476 g/mol. The van der Waals surface area contributed by atoms with Gasteiger partial charge in [-0.05, 0) is 36.1 Å². The molecule has 0 heterocycles. The van der Waals surface area contributed by atoms with Gasteiger partial charge in [-0.2, -0.15) is 0 Å². The molecule has 0 aromatic heterocycles. The molecule has 7 N–H and O–H groups in total. The van der Waals surface area contributed by atoms with E-state index in [2.05, 4.69) is 16.0 Å². The highest BCUT2D eigenvalue weighted by Crippen LogP contribution is 2.13. The van der Waals surface area contributed by atoms with Crippen molar-refractivity contribution in [1.29, 1.82) is 0 Å². The number of nitrogens with two attached hydrogens (primary N) is 1. The Morgan fingerprint density at radius 3 is 1.78 bits per heavy atom. The van der Waals surface area contributed by atoms with Crippen molar-refractivity contribution < 1.29 is 29.4 Å². The van der Waals surface area contributed by atoms with E-state index in [1.54, 1.807) is 36.4 Å². The maximum Gasteiger partial charge on any atom is 0.325 e. The summed E-state index contributed by atoms with van der Waals surface area (Å²) in [7, 11) is 0. The Labute approximate surface area is 216 Å². The summed E-state index contributed by atoms with van der Waals surface area (Å²) in [5.74, 6) is -3.08. The number of amides is 3. The number of rotatable bonds is 13. The standard InChI is InChI=1S/C27H36N4O6/c1-4-16(2)23(28)26(35)31-22(15-19-10-12-20(32)13-11-19)25(34)30-21(14-18-8-6-5-7-9-18)24(33)29-17(3)27(36)37/h5-13,16-17,21-23,32H,4,14-15,28H2,1-3H3,(H,29,33)(H,30,34)(H,31,35)(H,36,37). The van der Waals surface area contributed by atoms with Crippen LogP contribution < -0.4 is 21.7 Å². The first-order valence-electron chi connectivity index (χ1n) is 12.2. The van der Waals surface area contributed by atoms with E-state index in [-0.39, 0.29) is 24.5 Å². The van der Waals surface area contributed by atoms with Gasteiger partial charge < -0.3 is 31.9 Å². The maximum absolute atomic E-state index is 13.4. The fourth-order valence-corrected chi connectivity index (χ4v) is 3.56. The Bertz CT molecular complexity index is 1060. The van der Waals surface area contributed by atoms with E-state index in [1.165, 1.54) is 19.1 Å². The summed E-state index contributed by atoms with van der Waals surface area (Å²) in [6.07, 6.45) is 0.859. The molecule has 5 unspecified atom stereocenters. The monoisotopic (exact) mass is 512 g/mol. The number of nitrogens with one attached hydrogen (secondary N) is 3. The van der Waals surface area contributed by atoms with Gasteiger partial charge in [0.1, 0.15) is 23.9 Å². The number of carboxylic acid groups (broad SMARTS) is 1. The predicted octanol–water partition coefficient (Wildman–Crippen LogP) is 1.11. The lowest BCUT2D eigenvalue weighted by Crippen LogP contribution is -2.58. The average Bonchev–Trinajstić information content (AvgIpc) is 2.88. The van der Waals surface area contributed by atoms with E-state index < -0.39 is 47.9 Å². The van der Waals surface area contributed by atoms with Gasteiger partial charge in [0.2, 0.25) is 17.7 Å². The molecule has 0 bridgehead atoms. The van der Waals surface area contributed by atoms with Gasteiger partial charge in [0.05, 0.1) is 6.04 Å². The normalized spacial score (nSPS) is 14.9. The van der Waals surface area contributed by atoms with E-state index >= 15 is 0 Å². The molecular formula is C27H36N4O6. The molecule has 0 aliphatic carbocycles. The second-order valence-corrected chi connectivity index (χ2v) is 9.16. The zero-order valence-corrected chi connectivity index (χ0v) is 21.3. The van der Waals surface area contributed by atoms with E-state index in [0.717, 1.165) is 5.56 Å². The Hall–Kier alpha value is -3.92. The van der Waals surface area contributed by atoms with E-state index in [4.69, 9.17) is 5.73 Å². The van der Waals surface area contributed by atoms with Gasteiger partial charge in [-0.1, -0.05) is 62.7 Å². The lowest BCUT2D eigenvalue weighted by atomic mass is 9.98. The number of hydrogen-bond donors (Lipinski definition) is 6. The molecule has 10 heteroatoms. The van der Waals surface area contributed by atoms with Crippen LogP contribution in [0.5, 0.6) is 5.75 Å². The third-order valence-electron chi connectivity index (χ3n) is 6.21. The van der Waals surface area contributed by atoms with Crippen LogP contribution in [0.15, 0.2) is 54.6 Å². The molecule has 2 aromatic carbocycles. The summed E-state index contributed by atoms with van der Waals surface area (Å²) in [4.78, 5) is 50.5. The Morgan fingerprint density at radius 2 is 1.27 bits per heavy atom. The van der Waals surface area contributed by atoms with Gasteiger partial charge in [0.15, 0.2) is 0 Å². The predicted molar refractivity (Wildman–Crippen MR) is 138 cm³/mol. The van der Waals surface area contributed by atoms with Crippen molar-refractivity contribution in [2.45, 2.75) is 64.2 Å². The molecule has 0 saturated heterocycles. The highest BCUT2D eigenvalue weighted by molar-refractivity contribution is 5.94. The van der Waals surface area contributed by atoms with Crippen LogP contribution >= 0.6 is 0 Å². The molecule has 0 aliphatic heterocycles. The van der Waals surface area contributed by atoms with Crippen LogP contribution in [0.2, 0.25) is 0 Å². The van der Waals surface area contributed by atoms with Crippen LogP contribution in [-0.4, -0.2) is 58.1 Å². The zero-order valence-electron chi connectivity index (χ0n) is 21.3. The number of aliphatic carboxylic acids is 1. The lowest BCUT2D eigenvalue weighted by molar-refractivity contribution is -0.141. The summed E-state index contributed by atoms with van der Waals surface area (Å²) >= 11 is 0. The molecule has 5 atom stereocenters. The summed E-state index contributed by atoms with van der Waals surface area (Å²) in [6, 6.07) is 11.0. The first kappa shape index (κ1) is 29.3. The van der Waals surface area contributed by atoms with E-state index in [1.807, 2.05) is 19.9 Å². The lowest BCUT2D eigenvalue weighted by Gasteiger charge is -2.26. The third kappa shape index (κ3) is 9.23. The number of phenolic OH excluding ortho intramolecular Hbond substituents is 1. The number of phenols is 1. The van der Waals surface area contributed by atoms with Crippen LogP contribution in [0, 0.1) is 5.92 Å². The molecule has 0 spiro atoms. The second kappa shape index (κ2) is 14.0. The zero-order chi connectivity index (χ0) is 27.5. The van der Waals surface area contributed by atoms with Crippen molar-refractivity contribution in [3.8, 4) is 5.75 Å².